The van der Waals surface area contributed by atoms with E-state index in [1.807, 2.05) is 6.20 Å². The number of imidazole rings is 1. The third-order valence-electron chi connectivity index (χ3n) is 4.03. The Bertz CT molecular complexity index is 353. The lowest BCUT2D eigenvalue weighted by Crippen LogP contribution is -2.37. The maximum absolute atomic E-state index is 4.42. The first kappa shape index (κ1) is 14.5. The number of likely N-dealkylation sites (tertiary alicyclic amines) is 1. The molecule has 19 heavy (non-hydrogen) atoms. The molecule has 1 fully saturated rings. The Morgan fingerprint density at radius 3 is 2.84 bits per heavy atom. The zero-order valence-corrected chi connectivity index (χ0v) is 12.4. The highest BCUT2D eigenvalue weighted by Gasteiger charge is 2.14. The van der Waals surface area contributed by atoms with Crippen LogP contribution in [-0.4, -0.2) is 40.6 Å². The summed E-state index contributed by atoms with van der Waals surface area (Å²) < 4.78 is 2.25. The minimum Gasteiger partial charge on any atom is -0.334 e. The van der Waals surface area contributed by atoms with Crippen LogP contribution < -0.4 is 5.32 Å². The summed E-state index contributed by atoms with van der Waals surface area (Å²) in [5, 5.41) is 3.52. The normalized spacial score (nSPS) is 18.0. The molecule has 0 atom stereocenters. The number of piperidine rings is 1. The van der Waals surface area contributed by atoms with E-state index in [-0.39, 0.29) is 0 Å². The van der Waals surface area contributed by atoms with Crippen molar-refractivity contribution in [2.75, 3.05) is 26.2 Å². The molecule has 4 heteroatoms. The van der Waals surface area contributed by atoms with Crippen LogP contribution in [-0.2, 0) is 13.1 Å². The maximum Gasteiger partial charge on any atom is 0.122 e. The number of aromatic nitrogens is 2. The van der Waals surface area contributed by atoms with Crippen LogP contribution in [0.3, 0.4) is 0 Å². The molecule has 0 aliphatic carbocycles. The van der Waals surface area contributed by atoms with Gasteiger partial charge in [0.25, 0.3) is 0 Å². The van der Waals surface area contributed by atoms with Gasteiger partial charge in [-0.3, -0.25) is 0 Å². The molecule has 1 N–H and O–H groups in total. The van der Waals surface area contributed by atoms with E-state index in [4.69, 9.17) is 0 Å². The lowest BCUT2D eigenvalue weighted by Gasteiger charge is -2.30. The van der Waals surface area contributed by atoms with Crippen molar-refractivity contribution in [1.82, 2.24) is 19.8 Å². The Hall–Kier alpha value is -0.870. The number of aryl methyl sites for hydroxylation is 1. The highest BCUT2D eigenvalue weighted by molar-refractivity contribution is 4.91. The van der Waals surface area contributed by atoms with E-state index < -0.39 is 0 Å². The SMILES string of the molecule is CCCn1ccnc1CNCCN1CCC(C)CC1. The van der Waals surface area contributed by atoms with Gasteiger partial charge in [-0.05, 0) is 38.3 Å². The van der Waals surface area contributed by atoms with Gasteiger partial charge in [0.05, 0.1) is 6.54 Å². The molecular weight excluding hydrogens is 236 g/mol. The molecule has 4 nitrogen and oxygen atoms in total. The molecule has 0 bridgehead atoms. The van der Waals surface area contributed by atoms with Crippen LogP contribution in [0.1, 0.15) is 38.9 Å². The quantitative estimate of drug-likeness (QED) is 0.766. The van der Waals surface area contributed by atoms with Crippen molar-refractivity contribution in [2.45, 2.75) is 46.2 Å². The van der Waals surface area contributed by atoms with Gasteiger partial charge in [-0.25, -0.2) is 4.98 Å². The molecule has 1 aliphatic rings. The molecular formula is C15H28N4. The smallest absolute Gasteiger partial charge is 0.122 e. The zero-order chi connectivity index (χ0) is 13.5. The fourth-order valence-corrected chi connectivity index (χ4v) is 2.67. The largest absolute Gasteiger partial charge is 0.334 e. The summed E-state index contributed by atoms with van der Waals surface area (Å²) in [6.45, 7) is 11.3. The second-order valence-corrected chi connectivity index (χ2v) is 5.74. The van der Waals surface area contributed by atoms with Gasteiger partial charge in [0.15, 0.2) is 0 Å². The summed E-state index contributed by atoms with van der Waals surface area (Å²) in [5.41, 5.74) is 0. The zero-order valence-electron chi connectivity index (χ0n) is 12.4. The van der Waals surface area contributed by atoms with Crippen molar-refractivity contribution >= 4 is 0 Å². The average molecular weight is 264 g/mol. The van der Waals surface area contributed by atoms with E-state index in [1.165, 1.54) is 32.5 Å². The van der Waals surface area contributed by atoms with Gasteiger partial charge in [0.2, 0.25) is 0 Å². The van der Waals surface area contributed by atoms with Gasteiger partial charge in [-0.1, -0.05) is 13.8 Å². The first-order valence-corrected chi connectivity index (χ1v) is 7.72. The molecule has 2 rings (SSSR count). The number of rotatable bonds is 7. The first-order valence-electron chi connectivity index (χ1n) is 7.72. The predicted octanol–water partition coefficient (Wildman–Crippen LogP) is 2.11. The van der Waals surface area contributed by atoms with Gasteiger partial charge >= 0.3 is 0 Å². The van der Waals surface area contributed by atoms with Gasteiger partial charge in [-0.15, -0.1) is 0 Å². The second kappa shape index (κ2) is 7.65. The van der Waals surface area contributed by atoms with Gasteiger partial charge in [-0.2, -0.15) is 0 Å². The average Bonchev–Trinajstić information content (AvgIpc) is 2.85. The van der Waals surface area contributed by atoms with E-state index in [9.17, 15) is 0 Å². The Labute approximate surface area is 117 Å². The molecule has 0 saturated carbocycles. The third kappa shape index (κ3) is 4.62. The Balaban J connectivity index is 1.62. The monoisotopic (exact) mass is 264 g/mol. The molecule has 2 heterocycles. The minimum absolute atomic E-state index is 0.886. The molecule has 0 radical (unpaired) electrons. The second-order valence-electron chi connectivity index (χ2n) is 5.74. The van der Waals surface area contributed by atoms with Crippen molar-refractivity contribution in [1.29, 1.82) is 0 Å². The highest BCUT2D eigenvalue weighted by atomic mass is 15.1. The molecule has 1 aliphatic heterocycles. The first-order chi connectivity index (χ1) is 9.29. The Morgan fingerprint density at radius 1 is 1.32 bits per heavy atom. The topological polar surface area (TPSA) is 33.1 Å². The molecule has 1 saturated heterocycles. The molecule has 0 aromatic carbocycles. The van der Waals surface area contributed by atoms with Crippen LogP contribution in [0.5, 0.6) is 0 Å². The lowest BCUT2D eigenvalue weighted by molar-refractivity contribution is 0.193. The molecule has 1 aromatic heterocycles. The van der Waals surface area contributed by atoms with Crippen molar-refractivity contribution in [2.24, 2.45) is 5.92 Å². The van der Waals surface area contributed by atoms with Crippen LogP contribution in [0.15, 0.2) is 12.4 Å². The standard InChI is InChI=1S/C15H28N4/c1-3-8-19-12-7-17-15(19)13-16-6-11-18-9-4-14(2)5-10-18/h7,12,14,16H,3-6,8-11,13H2,1-2H3. The van der Waals surface area contributed by atoms with Gasteiger partial charge in [0, 0.05) is 32.0 Å². The summed E-state index contributed by atoms with van der Waals surface area (Å²) in [6, 6.07) is 0. The van der Waals surface area contributed by atoms with Crippen molar-refractivity contribution in [3.8, 4) is 0 Å². The van der Waals surface area contributed by atoms with E-state index in [0.717, 1.165) is 37.8 Å². The number of nitrogens with zero attached hydrogens (tertiary/aromatic N) is 3. The van der Waals surface area contributed by atoms with Crippen LogP contribution >= 0.6 is 0 Å². The summed E-state index contributed by atoms with van der Waals surface area (Å²) in [6.07, 6.45) is 7.86. The maximum atomic E-state index is 4.42. The van der Waals surface area contributed by atoms with Crippen LogP contribution in [0.25, 0.3) is 0 Å². The number of nitrogens with one attached hydrogen (secondary N) is 1. The minimum atomic E-state index is 0.886. The van der Waals surface area contributed by atoms with Gasteiger partial charge in [0.1, 0.15) is 5.82 Å². The molecule has 1 aromatic rings. The van der Waals surface area contributed by atoms with Crippen molar-refractivity contribution in [3.63, 3.8) is 0 Å². The van der Waals surface area contributed by atoms with E-state index >= 15 is 0 Å². The summed E-state index contributed by atoms with van der Waals surface area (Å²) in [4.78, 5) is 6.99. The fourth-order valence-electron chi connectivity index (χ4n) is 2.67. The van der Waals surface area contributed by atoms with E-state index in [0.29, 0.717) is 0 Å². The molecule has 0 unspecified atom stereocenters. The Kier molecular flexibility index (Phi) is 5.86. The predicted molar refractivity (Wildman–Crippen MR) is 79.1 cm³/mol. The number of hydrogen-bond acceptors (Lipinski definition) is 3. The highest BCUT2D eigenvalue weighted by Crippen LogP contribution is 2.15. The summed E-state index contributed by atoms with van der Waals surface area (Å²) in [5.74, 6) is 2.08. The van der Waals surface area contributed by atoms with E-state index in [1.54, 1.807) is 0 Å². The number of hydrogen-bond donors (Lipinski definition) is 1. The van der Waals surface area contributed by atoms with Crippen molar-refractivity contribution < 1.29 is 0 Å². The Morgan fingerprint density at radius 2 is 2.11 bits per heavy atom. The van der Waals surface area contributed by atoms with Crippen LogP contribution in [0.2, 0.25) is 0 Å². The van der Waals surface area contributed by atoms with E-state index in [2.05, 4.69) is 39.8 Å². The molecule has 108 valence electrons. The molecule has 0 spiro atoms. The molecule has 0 amide bonds. The summed E-state index contributed by atoms with van der Waals surface area (Å²) in [7, 11) is 0. The van der Waals surface area contributed by atoms with Crippen LogP contribution in [0.4, 0.5) is 0 Å². The summed E-state index contributed by atoms with van der Waals surface area (Å²) >= 11 is 0. The van der Waals surface area contributed by atoms with Gasteiger partial charge < -0.3 is 14.8 Å². The fraction of sp³-hybridized carbons (Fsp3) is 0.800. The third-order valence-corrected chi connectivity index (χ3v) is 4.03. The van der Waals surface area contributed by atoms with Crippen LogP contribution in [0, 0.1) is 5.92 Å². The van der Waals surface area contributed by atoms with Crippen molar-refractivity contribution in [3.05, 3.63) is 18.2 Å². The lowest BCUT2D eigenvalue weighted by atomic mass is 9.99.